The molecule has 29 heavy (non-hydrogen) atoms. The Hall–Kier alpha value is -2.70. The molecule has 1 atom stereocenters. The summed E-state index contributed by atoms with van der Waals surface area (Å²) in [6.07, 6.45) is 2.70. The molecule has 4 aromatic rings. The van der Waals surface area contributed by atoms with Crippen molar-refractivity contribution in [2.45, 2.75) is 32.4 Å². The Balaban J connectivity index is 1.46. The number of amides is 1. The molecular weight excluding hydrogens is 404 g/mol. The van der Waals surface area contributed by atoms with E-state index in [1.165, 1.54) is 4.88 Å². The average Bonchev–Trinajstić information content (AvgIpc) is 3.35. The maximum Gasteiger partial charge on any atom is 0.220 e. The molecule has 3 heterocycles. The molecule has 0 saturated heterocycles. The number of carbonyl (C=O) groups excluding carboxylic acids is 1. The van der Waals surface area contributed by atoms with Gasteiger partial charge in [0.1, 0.15) is 11.3 Å². The van der Waals surface area contributed by atoms with Gasteiger partial charge >= 0.3 is 0 Å². The van der Waals surface area contributed by atoms with E-state index in [0.717, 1.165) is 22.6 Å². The van der Waals surface area contributed by atoms with Crippen LogP contribution in [0.25, 0.3) is 11.2 Å². The third-order valence-corrected chi connectivity index (χ3v) is 5.91. The molecule has 0 unspecified atom stereocenters. The molecule has 4 rings (SSSR count). The average molecular weight is 425 g/mol. The van der Waals surface area contributed by atoms with Crippen LogP contribution in [0.15, 0.2) is 60.1 Å². The van der Waals surface area contributed by atoms with Gasteiger partial charge < -0.3 is 9.88 Å². The fraction of sp³-hybridized carbons (Fsp3) is 0.227. The summed E-state index contributed by atoms with van der Waals surface area (Å²) in [7, 11) is 0. The lowest BCUT2D eigenvalue weighted by Crippen LogP contribution is -2.27. The molecule has 1 amide bonds. The van der Waals surface area contributed by atoms with Crippen LogP contribution in [-0.2, 0) is 17.8 Å². The molecule has 1 aromatic carbocycles. The van der Waals surface area contributed by atoms with E-state index in [4.69, 9.17) is 16.6 Å². The number of rotatable bonds is 7. The molecule has 0 fully saturated rings. The highest BCUT2D eigenvalue weighted by atomic mass is 35.5. The van der Waals surface area contributed by atoms with Crippen LogP contribution in [0.5, 0.6) is 0 Å². The lowest BCUT2D eigenvalue weighted by molar-refractivity contribution is -0.121. The largest absolute Gasteiger partial charge is 0.350 e. The topological polar surface area (TPSA) is 59.8 Å². The standard InChI is InChI=1S/C22H21ClN4OS/c1-15(16-6-8-17(23)9-7-16)25-21(28)11-10-20-26-19-5-2-12-24-22(19)27(20)14-18-4-3-13-29-18/h2-9,12-13,15H,10-11,14H2,1H3,(H,25,28)/t15-/m0/s1. The number of aromatic nitrogens is 3. The smallest absolute Gasteiger partial charge is 0.220 e. The van der Waals surface area contributed by atoms with Gasteiger partial charge in [-0.25, -0.2) is 9.97 Å². The van der Waals surface area contributed by atoms with Gasteiger partial charge in [-0.3, -0.25) is 4.79 Å². The van der Waals surface area contributed by atoms with Gasteiger partial charge in [0.25, 0.3) is 0 Å². The second-order valence-electron chi connectivity index (χ2n) is 6.88. The van der Waals surface area contributed by atoms with Crippen molar-refractivity contribution in [1.82, 2.24) is 19.9 Å². The number of fused-ring (bicyclic) bond motifs is 1. The van der Waals surface area contributed by atoms with Crippen molar-refractivity contribution >= 4 is 40.0 Å². The SMILES string of the molecule is C[C@H](NC(=O)CCc1nc2cccnc2n1Cc1cccs1)c1ccc(Cl)cc1. The van der Waals surface area contributed by atoms with Crippen LogP contribution in [0.1, 0.15) is 35.7 Å². The number of benzene rings is 1. The number of hydrogen-bond acceptors (Lipinski definition) is 4. The molecule has 148 valence electrons. The summed E-state index contributed by atoms with van der Waals surface area (Å²) in [5.41, 5.74) is 2.73. The first-order valence-corrected chi connectivity index (χ1v) is 10.7. The van der Waals surface area contributed by atoms with Crippen molar-refractivity contribution in [3.05, 3.63) is 81.4 Å². The molecule has 0 aliphatic carbocycles. The molecule has 7 heteroatoms. The minimum atomic E-state index is -0.0774. The van der Waals surface area contributed by atoms with Crippen molar-refractivity contribution < 1.29 is 4.79 Å². The Kier molecular flexibility index (Phi) is 5.92. The maximum atomic E-state index is 12.5. The molecule has 0 spiro atoms. The summed E-state index contributed by atoms with van der Waals surface area (Å²) in [5, 5.41) is 5.80. The van der Waals surface area contributed by atoms with E-state index >= 15 is 0 Å². The van der Waals surface area contributed by atoms with Gasteiger partial charge in [0.15, 0.2) is 5.65 Å². The highest BCUT2D eigenvalue weighted by Gasteiger charge is 2.15. The van der Waals surface area contributed by atoms with E-state index in [2.05, 4.69) is 26.3 Å². The van der Waals surface area contributed by atoms with Crippen LogP contribution >= 0.6 is 22.9 Å². The monoisotopic (exact) mass is 424 g/mol. The minimum Gasteiger partial charge on any atom is -0.350 e. The van der Waals surface area contributed by atoms with E-state index in [1.54, 1.807) is 17.5 Å². The van der Waals surface area contributed by atoms with Gasteiger partial charge in [-0.2, -0.15) is 0 Å². The highest BCUT2D eigenvalue weighted by molar-refractivity contribution is 7.09. The molecular formula is C22H21ClN4OS. The number of nitrogens with zero attached hydrogens (tertiary/aromatic N) is 3. The number of halogens is 1. The van der Waals surface area contributed by atoms with Crippen molar-refractivity contribution in [2.24, 2.45) is 0 Å². The molecule has 0 saturated carbocycles. The highest BCUT2D eigenvalue weighted by Crippen LogP contribution is 2.20. The Morgan fingerprint density at radius 3 is 2.79 bits per heavy atom. The molecule has 3 aromatic heterocycles. The number of thiophene rings is 1. The number of nitrogens with one attached hydrogen (secondary N) is 1. The molecule has 1 N–H and O–H groups in total. The van der Waals surface area contributed by atoms with E-state index in [1.807, 2.05) is 49.4 Å². The van der Waals surface area contributed by atoms with Crippen LogP contribution in [-0.4, -0.2) is 20.4 Å². The normalized spacial score (nSPS) is 12.2. The van der Waals surface area contributed by atoms with Crippen LogP contribution in [0, 0.1) is 0 Å². The summed E-state index contributed by atoms with van der Waals surface area (Å²) in [6, 6.07) is 15.4. The Bertz CT molecular complexity index is 1110. The third-order valence-electron chi connectivity index (χ3n) is 4.80. The number of imidazole rings is 1. The van der Waals surface area contributed by atoms with Gasteiger partial charge in [-0.1, -0.05) is 29.8 Å². The summed E-state index contributed by atoms with van der Waals surface area (Å²) in [6.45, 7) is 2.68. The number of aryl methyl sites for hydroxylation is 1. The van der Waals surface area contributed by atoms with Gasteiger partial charge in [0.05, 0.1) is 12.6 Å². The zero-order chi connectivity index (χ0) is 20.2. The summed E-state index contributed by atoms with van der Waals surface area (Å²) < 4.78 is 2.11. The fourth-order valence-corrected chi connectivity index (χ4v) is 4.11. The summed E-state index contributed by atoms with van der Waals surface area (Å²) in [5.74, 6) is 0.872. The van der Waals surface area contributed by atoms with Gasteiger partial charge in [0, 0.05) is 28.9 Å². The summed E-state index contributed by atoms with van der Waals surface area (Å²) in [4.78, 5) is 23.0. The molecule has 0 aliphatic heterocycles. The minimum absolute atomic E-state index is 0.00450. The Morgan fingerprint density at radius 2 is 2.03 bits per heavy atom. The van der Waals surface area contributed by atoms with Gasteiger partial charge in [0.2, 0.25) is 5.91 Å². The second kappa shape index (κ2) is 8.76. The predicted octanol–water partition coefficient (Wildman–Crippen LogP) is 5.00. The maximum absolute atomic E-state index is 12.5. The first-order valence-electron chi connectivity index (χ1n) is 9.47. The van der Waals surface area contributed by atoms with Crippen molar-refractivity contribution in [3.8, 4) is 0 Å². The molecule has 0 bridgehead atoms. The third kappa shape index (κ3) is 4.66. The Morgan fingerprint density at radius 1 is 1.21 bits per heavy atom. The van der Waals surface area contributed by atoms with E-state index in [0.29, 0.717) is 24.4 Å². The van der Waals surface area contributed by atoms with E-state index in [9.17, 15) is 4.79 Å². The quantitative estimate of drug-likeness (QED) is 0.454. The predicted molar refractivity (Wildman–Crippen MR) is 117 cm³/mol. The van der Waals surface area contributed by atoms with E-state index < -0.39 is 0 Å². The first kappa shape index (κ1) is 19.6. The number of hydrogen-bond donors (Lipinski definition) is 1. The fourth-order valence-electron chi connectivity index (χ4n) is 3.29. The van der Waals surface area contributed by atoms with Gasteiger partial charge in [-0.15, -0.1) is 11.3 Å². The van der Waals surface area contributed by atoms with Crippen LogP contribution in [0.4, 0.5) is 0 Å². The van der Waals surface area contributed by atoms with E-state index in [-0.39, 0.29) is 11.9 Å². The zero-order valence-corrected chi connectivity index (χ0v) is 17.6. The Labute approximate surface area is 178 Å². The van der Waals surface area contributed by atoms with Crippen LogP contribution in [0.3, 0.4) is 0 Å². The lowest BCUT2D eigenvalue weighted by Gasteiger charge is -2.14. The van der Waals surface area contributed by atoms with Crippen molar-refractivity contribution in [1.29, 1.82) is 0 Å². The molecule has 0 radical (unpaired) electrons. The van der Waals surface area contributed by atoms with Gasteiger partial charge in [-0.05, 0) is 48.2 Å². The number of carbonyl (C=O) groups is 1. The number of pyridine rings is 1. The molecule has 0 aliphatic rings. The van der Waals surface area contributed by atoms with Crippen molar-refractivity contribution in [3.63, 3.8) is 0 Å². The van der Waals surface area contributed by atoms with Crippen molar-refractivity contribution in [2.75, 3.05) is 0 Å². The lowest BCUT2D eigenvalue weighted by atomic mass is 10.1. The summed E-state index contributed by atoms with van der Waals surface area (Å²) >= 11 is 7.64. The molecule has 5 nitrogen and oxygen atoms in total. The zero-order valence-electron chi connectivity index (χ0n) is 16.0. The van der Waals surface area contributed by atoms with Crippen LogP contribution in [0.2, 0.25) is 5.02 Å². The van der Waals surface area contributed by atoms with Crippen LogP contribution < -0.4 is 5.32 Å². The first-order chi connectivity index (χ1) is 14.1. The second-order valence-corrected chi connectivity index (χ2v) is 8.35.